The molecule has 0 amide bonds. The smallest absolute Gasteiger partial charge is 0.338 e. The van der Waals surface area contributed by atoms with Crippen LogP contribution in [0.3, 0.4) is 0 Å². The van der Waals surface area contributed by atoms with Crippen molar-refractivity contribution in [3.8, 4) is 0 Å². The van der Waals surface area contributed by atoms with E-state index < -0.39 is 16.0 Å². The maximum Gasteiger partial charge on any atom is 0.338 e. The molecule has 0 spiro atoms. The zero-order valence-electron chi connectivity index (χ0n) is 14.9. The van der Waals surface area contributed by atoms with Crippen LogP contribution < -0.4 is 4.31 Å². The number of rotatable bonds is 6. The Balaban J connectivity index is 2.29. The zero-order valence-corrected chi connectivity index (χ0v) is 15.7. The fourth-order valence-corrected chi connectivity index (χ4v) is 3.40. The second kappa shape index (κ2) is 7.70. The molecule has 0 saturated heterocycles. The summed E-state index contributed by atoms with van der Waals surface area (Å²) in [7, 11) is -2.28. The van der Waals surface area contributed by atoms with Crippen LogP contribution in [0.15, 0.2) is 53.4 Å². The highest BCUT2D eigenvalue weighted by Crippen LogP contribution is 2.23. The van der Waals surface area contributed by atoms with Gasteiger partial charge in [-0.05, 0) is 43.2 Å². The zero-order chi connectivity index (χ0) is 18.6. The fourth-order valence-electron chi connectivity index (χ4n) is 2.16. The van der Waals surface area contributed by atoms with Crippen molar-refractivity contribution in [2.45, 2.75) is 25.7 Å². The van der Waals surface area contributed by atoms with Crippen molar-refractivity contribution in [2.24, 2.45) is 5.92 Å². The van der Waals surface area contributed by atoms with Gasteiger partial charge in [0.25, 0.3) is 10.0 Å². The molecule has 5 nitrogen and oxygen atoms in total. The number of sulfonamides is 1. The van der Waals surface area contributed by atoms with E-state index in [1.807, 2.05) is 32.9 Å². The summed E-state index contributed by atoms with van der Waals surface area (Å²) < 4.78 is 32.0. The molecule has 134 valence electrons. The molecular formula is C19H23NO4S. The fraction of sp³-hybridized carbons (Fsp3) is 0.316. The summed E-state index contributed by atoms with van der Waals surface area (Å²) in [6.07, 6.45) is 0. The van der Waals surface area contributed by atoms with Crippen molar-refractivity contribution >= 4 is 21.7 Å². The highest BCUT2D eigenvalue weighted by Gasteiger charge is 2.22. The van der Waals surface area contributed by atoms with Gasteiger partial charge in [0.05, 0.1) is 22.8 Å². The Morgan fingerprint density at radius 2 is 1.76 bits per heavy atom. The molecule has 2 rings (SSSR count). The van der Waals surface area contributed by atoms with Gasteiger partial charge in [0, 0.05) is 7.05 Å². The average molecular weight is 361 g/mol. The van der Waals surface area contributed by atoms with Gasteiger partial charge in [-0.25, -0.2) is 13.2 Å². The molecule has 0 aliphatic heterocycles. The Hall–Kier alpha value is -2.34. The number of nitrogens with zero attached hydrogens (tertiary/aromatic N) is 1. The average Bonchev–Trinajstić information content (AvgIpc) is 2.59. The monoisotopic (exact) mass is 361 g/mol. The van der Waals surface area contributed by atoms with E-state index >= 15 is 0 Å². The Morgan fingerprint density at radius 1 is 1.12 bits per heavy atom. The Morgan fingerprint density at radius 3 is 2.36 bits per heavy atom. The number of carbonyl (C=O) groups is 1. The van der Waals surface area contributed by atoms with E-state index in [4.69, 9.17) is 4.74 Å². The first-order chi connectivity index (χ1) is 11.7. The van der Waals surface area contributed by atoms with E-state index in [9.17, 15) is 13.2 Å². The molecule has 0 heterocycles. The molecule has 0 N–H and O–H groups in total. The first-order valence-electron chi connectivity index (χ1n) is 8.04. The van der Waals surface area contributed by atoms with Crippen LogP contribution in [0.5, 0.6) is 0 Å². The van der Waals surface area contributed by atoms with Crippen LogP contribution in [0.25, 0.3) is 0 Å². The molecule has 2 aromatic rings. The van der Waals surface area contributed by atoms with Crippen LogP contribution in [0, 0.1) is 12.8 Å². The van der Waals surface area contributed by atoms with Crippen LogP contribution >= 0.6 is 0 Å². The summed E-state index contributed by atoms with van der Waals surface area (Å²) in [4.78, 5) is 12.1. The van der Waals surface area contributed by atoms with Crippen molar-refractivity contribution in [1.82, 2.24) is 0 Å². The van der Waals surface area contributed by atoms with Crippen LogP contribution in [0.2, 0.25) is 0 Å². The molecule has 2 aromatic carbocycles. The third-order valence-corrected chi connectivity index (χ3v) is 5.46. The SMILES string of the molecule is Cc1ccc(N(C)S(=O)(=O)c2cccc(C(=O)OCC(C)C)c2)cc1. The van der Waals surface area contributed by atoms with Crippen molar-refractivity contribution in [1.29, 1.82) is 0 Å². The summed E-state index contributed by atoms with van der Waals surface area (Å²) in [6, 6.07) is 13.1. The molecule has 0 aliphatic carbocycles. The summed E-state index contributed by atoms with van der Waals surface area (Å²) in [5.41, 5.74) is 1.82. The lowest BCUT2D eigenvalue weighted by Gasteiger charge is -2.20. The van der Waals surface area contributed by atoms with Gasteiger partial charge in [-0.2, -0.15) is 0 Å². The quantitative estimate of drug-likeness (QED) is 0.737. The minimum atomic E-state index is -3.77. The predicted molar refractivity (Wildman–Crippen MR) is 98.3 cm³/mol. The largest absolute Gasteiger partial charge is 0.462 e. The molecule has 0 aliphatic rings. The first-order valence-corrected chi connectivity index (χ1v) is 9.48. The Bertz CT molecular complexity index is 842. The van der Waals surface area contributed by atoms with Gasteiger partial charge >= 0.3 is 5.97 Å². The van der Waals surface area contributed by atoms with E-state index in [0.29, 0.717) is 12.3 Å². The van der Waals surface area contributed by atoms with Gasteiger partial charge in [-0.1, -0.05) is 37.6 Å². The van der Waals surface area contributed by atoms with Gasteiger partial charge in [0.2, 0.25) is 0 Å². The summed E-state index contributed by atoms with van der Waals surface area (Å²) in [5.74, 6) is -0.313. The van der Waals surface area contributed by atoms with Crippen LogP contribution in [-0.2, 0) is 14.8 Å². The number of esters is 1. The lowest BCUT2D eigenvalue weighted by molar-refractivity contribution is 0.0458. The molecule has 0 bridgehead atoms. The number of hydrogen-bond acceptors (Lipinski definition) is 4. The second-order valence-corrected chi connectivity index (χ2v) is 8.30. The number of ether oxygens (including phenoxy) is 1. The van der Waals surface area contributed by atoms with Gasteiger partial charge in [-0.3, -0.25) is 4.31 Å². The standard InChI is InChI=1S/C19H23NO4S/c1-14(2)13-24-19(21)16-6-5-7-18(12-16)25(22,23)20(4)17-10-8-15(3)9-11-17/h5-12,14H,13H2,1-4H3. The van der Waals surface area contributed by atoms with Crippen molar-refractivity contribution < 1.29 is 17.9 Å². The van der Waals surface area contributed by atoms with E-state index in [2.05, 4.69) is 0 Å². The van der Waals surface area contributed by atoms with E-state index in [-0.39, 0.29) is 16.4 Å². The van der Waals surface area contributed by atoms with Crippen molar-refractivity contribution in [2.75, 3.05) is 18.0 Å². The van der Waals surface area contributed by atoms with Crippen molar-refractivity contribution in [3.05, 3.63) is 59.7 Å². The molecule has 0 fully saturated rings. The van der Waals surface area contributed by atoms with Gasteiger partial charge in [0.1, 0.15) is 0 Å². The lowest BCUT2D eigenvalue weighted by atomic mass is 10.2. The normalized spacial score (nSPS) is 11.4. The molecule has 0 radical (unpaired) electrons. The van der Waals surface area contributed by atoms with Crippen LogP contribution in [0.1, 0.15) is 29.8 Å². The third kappa shape index (κ3) is 4.60. The van der Waals surface area contributed by atoms with E-state index in [1.165, 1.54) is 23.5 Å². The maximum absolute atomic E-state index is 12.8. The number of carbonyl (C=O) groups excluding carboxylic acids is 1. The minimum absolute atomic E-state index is 0.0505. The summed E-state index contributed by atoms with van der Waals surface area (Å²) >= 11 is 0. The molecule has 6 heteroatoms. The highest BCUT2D eigenvalue weighted by atomic mass is 32.2. The van der Waals surface area contributed by atoms with Crippen LogP contribution in [0.4, 0.5) is 5.69 Å². The Kier molecular flexibility index (Phi) is 5.85. The van der Waals surface area contributed by atoms with E-state index in [1.54, 1.807) is 24.3 Å². The molecular weight excluding hydrogens is 338 g/mol. The minimum Gasteiger partial charge on any atom is -0.462 e. The van der Waals surface area contributed by atoms with E-state index in [0.717, 1.165) is 5.56 Å². The van der Waals surface area contributed by atoms with Gasteiger partial charge < -0.3 is 4.74 Å². The van der Waals surface area contributed by atoms with Crippen LogP contribution in [-0.4, -0.2) is 28.0 Å². The number of aryl methyl sites for hydroxylation is 1. The molecule has 25 heavy (non-hydrogen) atoms. The highest BCUT2D eigenvalue weighted by molar-refractivity contribution is 7.92. The Labute approximate surface area is 149 Å². The molecule has 0 atom stereocenters. The number of benzene rings is 2. The maximum atomic E-state index is 12.8. The van der Waals surface area contributed by atoms with Gasteiger partial charge in [-0.15, -0.1) is 0 Å². The van der Waals surface area contributed by atoms with Crippen molar-refractivity contribution in [3.63, 3.8) is 0 Å². The molecule has 0 aromatic heterocycles. The summed E-state index contributed by atoms with van der Waals surface area (Å²) in [5, 5.41) is 0. The number of hydrogen-bond donors (Lipinski definition) is 0. The second-order valence-electron chi connectivity index (χ2n) is 6.33. The first kappa shape index (κ1) is 19.0. The molecule has 0 saturated carbocycles. The van der Waals surface area contributed by atoms with Gasteiger partial charge in [0.15, 0.2) is 0 Å². The predicted octanol–water partition coefficient (Wildman–Crippen LogP) is 3.63. The third-order valence-electron chi connectivity index (χ3n) is 3.67. The number of anilines is 1. The lowest BCUT2D eigenvalue weighted by Crippen LogP contribution is -2.26. The summed E-state index contributed by atoms with van der Waals surface area (Å²) in [6.45, 7) is 6.10. The molecule has 0 unspecified atom stereocenters. The topological polar surface area (TPSA) is 63.7 Å².